The Morgan fingerprint density at radius 2 is 1.91 bits per heavy atom. The van der Waals surface area contributed by atoms with E-state index < -0.39 is 0 Å². The highest BCUT2D eigenvalue weighted by Gasteiger charge is 2.19. The molecule has 0 bridgehead atoms. The number of imidazole rings is 1. The van der Waals surface area contributed by atoms with E-state index in [0.29, 0.717) is 23.6 Å². The summed E-state index contributed by atoms with van der Waals surface area (Å²) in [5, 5.41) is 0.755. The van der Waals surface area contributed by atoms with Crippen LogP contribution in [0.15, 0.2) is 26.9 Å². The summed E-state index contributed by atoms with van der Waals surface area (Å²) in [5.41, 5.74) is 1.14. The van der Waals surface area contributed by atoms with Crippen molar-refractivity contribution in [2.45, 2.75) is 32.5 Å². The zero-order valence-corrected chi connectivity index (χ0v) is 14.5. The Hall–Kier alpha value is -1.76. The van der Waals surface area contributed by atoms with Crippen LogP contribution >= 0.6 is 11.8 Å². The minimum absolute atomic E-state index is 0.316. The Kier molecular flexibility index (Phi) is 4.65. The molecule has 0 radical (unpaired) electrons. The van der Waals surface area contributed by atoms with Crippen LogP contribution in [0.4, 0.5) is 0 Å². The highest BCUT2D eigenvalue weighted by Crippen LogP contribution is 2.24. The minimum atomic E-state index is -0.363. The highest BCUT2D eigenvalue weighted by molar-refractivity contribution is 7.99. The Labute approximate surface area is 133 Å². The molecule has 22 heavy (non-hydrogen) atoms. The van der Waals surface area contributed by atoms with Crippen molar-refractivity contribution < 1.29 is 0 Å². The normalized spacial score (nSPS) is 11.5. The van der Waals surface area contributed by atoms with Gasteiger partial charge in [0.1, 0.15) is 0 Å². The Morgan fingerprint density at radius 1 is 1.27 bits per heavy atom. The third-order valence-corrected chi connectivity index (χ3v) is 4.69. The fourth-order valence-corrected chi connectivity index (χ4v) is 3.14. The number of allylic oxidation sites excluding steroid dienone is 1. The number of hydrogen-bond acceptors (Lipinski definition) is 4. The van der Waals surface area contributed by atoms with Crippen LogP contribution < -0.4 is 11.2 Å². The molecule has 0 spiro atoms. The molecule has 6 nitrogen and oxygen atoms in total. The molecule has 0 atom stereocenters. The molecule has 0 N–H and O–H groups in total. The number of aryl methyl sites for hydroxylation is 1. The van der Waals surface area contributed by atoms with Gasteiger partial charge in [0.25, 0.3) is 5.56 Å². The van der Waals surface area contributed by atoms with Crippen LogP contribution in [-0.2, 0) is 20.6 Å². The molecule has 0 aliphatic heterocycles. The van der Waals surface area contributed by atoms with Crippen LogP contribution in [0.5, 0.6) is 0 Å². The molecular weight excluding hydrogens is 300 g/mol. The van der Waals surface area contributed by atoms with Crippen molar-refractivity contribution in [1.82, 2.24) is 18.7 Å². The lowest BCUT2D eigenvalue weighted by molar-refractivity contribution is 0.691. The quantitative estimate of drug-likeness (QED) is 0.621. The lowest BCUT2D eigenvalue weighted by atomic mass is 10.3. The summed E-state index contributed by atoms with van der Waals surface area (Å²) in [6.07, 6.45) is 0. The molecule has 120 valence electrons. The number of nitrogens with zero attached hydrogens (tertiary/aromatic N) is 4. The molecule has 7 heteroatoms. The van der Waals surface area contributed by atoms with Gasteiger partial charge in [-0.3, -0.25) is 13.9 Å². The average Bonchev–Trinajstić information content (AvgIpc) is 2.78. The van der Waals surface area contributed by atoms with E-state index in [1.54, 1.807) is 18.8 Å². The summed E-state index contributed by atoms with van der Waals surface area (Å²) in [5.74, 6) is 1.41. The molecule has 2 rings (SSSR count). The smallest absolute Gasteiger partial charge is 0.309 e. The van der Waals surface area contributed by atoms with Crippen LogP contribution in [0.25, 0.3) is 11.2 Å². The number of rotatable bonds is 5. The molecule has 0 aromatic carbocycles. The van der Waals surface area contributed by atoms with Crippen molar-refractivity contribution >= 4 is 22.9 Å². The molecule has 0 aliphatic rings. The minimum Gasteiger partial charge on any atom is -0.309 e. The molecule has 2 heterocycles. The standard InChI is InChI=1S/C15H22N4O2S/c1-9(2)7-19-11-12(16-14(19)22-8-10(3)4)17(5)15(21)18(6)13(11)20/h10H,1,7-8H2,2-6H3. The first-order valence-corrected chi connectivity index (χ1v) is 8.16. The van der Waals surface area contributed by atoms with E-state index in [9.17, 15) is 9.59 Å². The largest absolute Gasteiger partial charge is 0.332 e. The number of fused-ring (bicyclic) bond motifs is 1. The van der Waals surface area contributed by atoms with Crippen LogP contribution in [0, 0.1) is 5.92 Å². The van der Waals surface area contributed by atoms with Gasteiger partial charge in [0.05, 0.1) is 0 Å². The fraction of sp³-hybridized carbons (Fsp3) is 0.533. The number of thioether (sulfide) groups is 1. The summed E-state index contributed by atoms with van der Waals surface area (Å²) in [7, 11) is 3.13. The predicted molar refractivity (Wildman–Crippen MR) is 90.6 cm³/mol. The number of aromatic nitrogens is 4. The molecule has 0 amide bonds. The molecular formula is C15H22N4O2S. The summed E-state index contributed by atoms with van der Waals surface area (Å²) >= 11 is 1.60. The van der Waals surface area contributed by atoms with Crippen molar-refractivity contribution in [3.05, 3.63) is 33.0 Å². The maximum Gasteiger partial charge on any atom is 0.332 e. The topological polar surface area (TPSA) is 61.8 Å². The third kappa shape index (κ3) is 2.90. The second-order valence-electron chi connectivity index (χ2n) is 6.02. The van der Waals surface area contributed by atoms with Gasteiger partial charge in [-0.1, -0.05) is 37.8 Å². The third-order valence-electron chi connectivity index (χ3n) is 3.29. The predicted octanol–water partition coefficient (Wildman–Crippen LogP) is 1.76. The van der Waals surface area contributed by atoms with Gasteiger partial charge < -0.3 is 4.57 Å². The maximum atomic E-state index is 12.5. The highest BCUT2D eigenvalue weighted by atomic mass is 32.2. The van der Waals surface area contributed by atoms with Crippen molar-refractivity contribution in [3.8, 4) is 0 Å². The fourth-order valence-electron chi connectivity index (χ4n) is 2.19. The zero-order chi connectivity index (χ0) is 16.6. The van der Waals surface area contributed by atoms with E-state index in [4.69, 9.17) is 0 Å². The van der Waals surface area contributed by atoms with Gasteiger partial charge in [-0.25, -0.2) is 9.78 Å². The first kappa shape index (κ1) is 16.6. The van der Waals surface area contributed by atoms with Gasteiger partial charge >= 0.3 is 5.69 Å². The maximum absolute atomic E-state index is 12.5. The Bertz CT molecular complexity index is 842. The number of hydrogen-bond donors (Lipinski definition) is 0. The van der Waals surface area contributed by atoms with Crippen molar-refractivity contribution in [2.75, 3.05) is 5.75 Å². The van der Waals surface area contributed by atoms with Gasteiger partial charge in [-0.15, -0.1) is 0 Å². The second-order valence-corrected chi connectivity index (χ2v) is 7.01. The van der Waals surface area contributed by atoms with E-state index in [2.05, 4.69) is 25.4 Å². The SMILES string of the molecule is C=C(C)Cn1c(SCC(C)C)nc2c1c(=O)n(C)c(=O)n2C. The van der Waals surface area contributed by atoms with Crippen LogP contribution in [0.2, 0.25) is 0 Å². The van der Waals surface area contributed by atoms with E-state index in [-0.39, 0.29) is 11.2 Å². The zero-order valence-electron chi connectivity index (χ0n) is 13.7. The summed E-state index contributed by atoms with van der Waals surface area (Å²) < 4.78 is 4.41. The van der Waals surface area contributed by atoms with E-state index in [1.165, 1.54) is 11.6 Å². The molecule has 0 saturated carbocycles. The van der Waals surface area contributed by atoms with E-state index in [0.717, 1.165) is 21.0 Å². The molecule has 0 unspecified atom stereocenters. The van der Waals surface area contributed by atoms with Crippen LogP contribution in [-0.4, -0.2) is 24.4 Å². The monoisotopic (exact) mass is 322 g/mol. The second kappa shape index (κ2) is 6.16. The van der Waals surface area contributed by atoms with E-state index >= 15 is 0 Å². The molecule has 0 aliphatic carbocycles. The van der Waals surface area contributed by atoms with Crippen LogP contribution in [0.1, 0.15) is 20.8 Å². The van der Waals surface area contributed by atoms with Gasteiger partial charge in [-0.2, -0.15) is 0 Å². The van der Waals surface area contributed by atoms with Crippen molar-refractivity contribution in [1.29, 1.82) is 0 Å². The van der Waals surface area contributed by atoms with Crippen molar-refractivity contribution in [2.24, 2.45) is 20.0 Å². The van der Waals surface area contributed by atoms with E-state index in [1.807, 2.05) is 11.5 Å². The van der Waals surface area contributed by atoms with Gasteiger partial charge in [0, 0.05) is 26.4 Å². The van der Waals surface area contributed by atoms with Crippen LogP contribution in [0.3, 0.4) is 0 Å². The molecule has 0 fully saturated rings. The average molecular weight is 322 g/mol. The summed E-state index contributed by atoms with van der Waals surface area (Å²) in [4.78, 5) is 29.1. The first-order chi connectivity index (χ1) is 10.2. The van der Waals surface area contributed by atoms with Gasteiger partial charge in [-0.05, 0) is 12.8 Å². The van der Waals surface area contributed by atoms with Gasteiger partial charge in [0.2, 0.25) is 0 Å². The molecule has 2 aromatic heterocycles. The Morgan fingerprint density at radius 3 is 2.45 bits per heavy atom. The van der Waals surface area contributed by atoms with Gasteiger partial charge in [0.15, 0.2) is 16.3 Å². The summed E-state index contributed by atoms with van der Waals surface area (Å²) in [6.45, 7) is 10.6. The molecule has 2 aromatic rings. The van der Waals surface area contributed by atoms with Crippen molar-refractivity contribution in [3.63, 3.8) is 0 Å². The molecule has 0 saturated heterocycles. The first-order valence-electron chi connectivity index (χ1n) is 7.17. The lowest BCUT2D eigenvalue weighted by Crippen LogP contribution is -2.37. The Balaban J connectivity index is 2.77. The lowest BCUT2D eigenvalue weighted by Gasteiger charge is -2.09. The summed E-state index contributed by atoms with van der Waals surface area (Å²) in [6, 6.07) is 0.